The van der Waals surface area contributed by atoms with Gasteiger partial charge in [-0.05, 0) is 0 Å². The van der Waals surface area contributed by atoms with E-state index in [0.717, 1.165) is 8.45 Å². The second kappa shape index (κ2) is 13.9. The molecule has 8 aromatic carbocycles. The number of hydrogen-bond acceptors (Lipinski definition) is 0. The van der Waals surface area contributed by atoms with E-state index in [4.69, 9.17) is 0 Å². The Labute approximate surface area is 351 Å². The van der Waals surface area contributed by atoms with Crippen molar-refractivity contribution in [3.05, 3.63) is 179 Å². The summed E-state index contributed by atoms with van der Waals surface area (Å²) >= 11 is -2.78. The van der Waals surface area contributed by atoms with Gasteiger partial charge >= 0.3 is 329 Å². The zero-order valence-corrected chi connectivity index (χ0v) is 35.5. The van der Waals surface area contributed by atoms with Gasteiger partial charge in [0.25, 0.3) is 0 Å². The van der Waals surface area contributed by atoms with Gasteiger partial charge in [-0.15, -0.1) is 0 Å². The van der Waals surface area contributed by atoms with Gasteiger partial charge in [0, 0.05) is 0 Å². The number of allylic oxidation sites excluding steroid dienone is 2. The van der Waals surface area contributed by atoms with Crippen molar-refractivity contribution in [1.82, 2.24) is 0 Å². The third-order valence-electron chi connectivity index (χ3n) is 14.6. The van der Waals surface area contributed by atoms with Crippen molar-refractivity contribution in [2.45, 2.75) is 56.4 Å². The minimum absolute atomic E-state index is 0. The second-order valence-corrected chi connectivity index (χ2v) is 24.4. The number of fused-ring (bicyclic) bond motifs is 7. The molecule has 278 valence electrons. The van der Waals surface area contributed by atoms with Crippen LogP contribution in [0.3, 0.4) is 0 Å². The topological polar surface area (TPSA) is 0 Å². The molecule has 1 saturated carbocycles. The first-order valence-corrected chi connectivity index (χ1v) is 24.2. The monoisotopic (exact) mass is 810 g/mol. The Balaban J connectivity index is 0.00000198. The molecule has 57 heavy (non-hydrogen) atoms. The fourth-order valence-electron chi connectivity index (χ4n) is 12.7. The number of benzene rings is 8. The van der Waals surface area contributed by atoms with Crippen LogP contribution in [0.15, 0.2) is 157 Å². The summed E-state index contributed by atoms with van der Waals surface area (Å²) in [5, 5.41) is 10.7. The molecule has 3 heteroatoms. The minimum atomic E-state index is -2.78. The summed E-state index contributed by atoms with van der Waals surface area (Å²) in [5.41, 5.74) is 15.2. The molecule has 1 aliphatic heterocycles. The van der Waals surface area contributed by atoms with Crippen LogP contribution in [0.25, 0.3) is 77.5 Å². The standard InChI is InChI=1S/2C24H17.C6H10.2ClH.Ti/c2*1-16-13-17-9-6-12-22(23(17)14-16)24-20-10-4-2-7-18(20)15-19-8-3-5-11-21(19)24;1-2-4-6-5-3-1;;;/h2*2-15H,1H3;1-2H,3-6H2;2*1H;/q;;;;;+2/p-2. The predicted molar refractivity (Wildman–Crippen MR) is 233 cm³/mol. The van der Waals surface area contributed by atoms with E-state index in [9.17, 15) is 0 Å². The number of rotatable bonds is 4. The molecule has 1 saturated heterocycles. The second-order valence-electron chi connectivity index (χ2n) is 17.1. The Bertz CT molecular complexity index is 2690. The largest absolute Gasteiger partial charge is 1.00 e. The molecule has 0 spiro atoms. The van der Waals surface area contributed by atoms with E-state index in [1.54, 1.807) is 22.3 Å². The van der Waals surface area contributed by atoms with E-state index in [1.165, 1.54) is 102 Å². The maximum atomic E-state index is 2.65. The Morgan fingerprint density at radius 2 is 0.772 bits per heavy atom. The first-order chi connectivity index (χ1) is 27.1. The van der Waals surface area contributed by atoms with Crippen molar-refractivity contribution in [3.63, 3.8) is 0 Å². The Morgan fingerprint density at radius 3 is 1.14 bits per heavy atom. The van der Waals surface area contributed by atoms with Crippen molar-refractivity contribution in [3.8, 4) is 22.3 Å². The third kappa shape index (κ3) is 5.17. The van der Waals surface area contributed by atoms with Crippen molar-refractivity contribution >= 4 is 55.2 Å². The van der Waals surface area contributed by atoms with Gasteiger partial charge < -0.3 is 24.8 Å². The molecule has 0 aromatic heterocycles. The van der Waals surface area contributed by atoms with Crippen LogP contribution in [0.2, 0.25) is 8.45 Å². The molecule has 8 aromatic rings. The summed E-state index contributed by atoms with van der Waals surface area (Å²) in [6.07, 6.45) is 11.0. The van der Waals surface area contributed by atoms with Crippen molar-refractivity contribution < 1.29 is 41.4 Å². The summed E-state index contributed by atoms with van der Waals surface area (Å²) in [7, 11) is 0. The van der Waals surface area contributed by atoms with Crippen LogP contribution in [0.1, 0.15) is 70.2 Å². The normalized spacial score (nSPS) is 21.9. The van der Waals surface area contributed by atoms with Gasteiger partial charge in [0.15, 0.2) is 0 Å². The zero-order chi connectivity index (χ0) is 36.4. The van der Waals surface area contributed by atoms with Crippen LogP contribution >= 0.6 is 0 Å². The molecule has 1 heterocycles. The summed E-state index contributed by atoms with van der Waals surface area (Å²) < 4.78 is 3.03. The summed E-state index contributed by atoms with van der Waals surface area (Å²) in [6.45, 7) is 5.03. The van der Waals surface area contributed by atoms with Gasteiger partial charge in [-0.1, -0.05) is 0 Å². The number of halogens is 2. The molecule has 0 amide bonds. The van der Waals surface area contributed by atoms with Crippen molar-refractivity contribution in [2.75, 3.05) is 0 Å². The molecule has 3 aliphatic carbocycles. The average molecular weight is 812 g/mol. The van der Waals surface area contributed by atoms with Crippen LogP contribution in [-0.4, -0.2) is 0 Å². The van der Waals surface area contributed by atoms with Crippen molar-refractivity contribution in [2.24, 2.45) is 0 Å². The molecule has 0 bridgehead atoms. The fourth-order valence-corrected chi connectivity index (χ4v) is 26.9. The van der Waals surface area contributed by atoms with Gasteiger partial charge in [0.1, 0.15) is 0 Å². The maximum absolute atomic E-state index is 2.78. The van der Waals surface area contributed by atoms with Crippen LogP contribution in [0.5, 0.6) is 0 Å². The van der Waals surface area contributed by atoms with Crippen LogP contribution < -0.4 is 24.8 Å². The van der Waals surface area contributed by atoms with Crippen LogP contribution in [0.4, 0.5) is 0 Å². The van der Waals surface area contributed by atoms with Crippen LogP contribution in [-0.2, 0) is 16.6 Å². The molecule has 4 atom stereocenters. The smallest absolute Gasteiger partial charge is 1.00 e. The Morgan fingerprint density at radius 1 is 0.421 bits per heavy atom. The first kappa shape index (κ1) is 36.9. The first-order valence-electron chi connectivity index (χ1n) is 20.6. The number of hydrogen-bond donors (Lipinski definition) is 0. The van der Waals surface area contributed by atoms with E-state index in [1.807, 2.05) is 0 Å². The Hall–Kier alpha value is -4.43. The molecule has 2 fully saturated rings. The van der Waals surface area contributed by atoms with Crippen LogP contribution in [0, 0.1) is 0 Å². The predicted octanol–water partition coefficient (Wildman–Crippen LogP) is 9.58. The fraction of sp³-hybridized carbons (Fsp3) is 0.185. The maximum Gasteiger partial charge on any atom is -1.00 e. The average Bonchev–Trinajstić information content (AvgIpc) is 3.52. The molecular formula is C54H44Cl2Ti. The van der Waals surface area contributed by atoms with E-state index in [2.05, 4.69) is 172 Å². The molecular weight excluding hydrogens is 767 g/mol. The minimum Gasteiger partial charge on any atom is -1.00 e. The summed E-state index contributed by atoms with van der Waals surface area (Å²) in [4.78, 5) is 0. The summed E-state index contributed by atoms with van der Waals surface area (Å²) in [6, 6.07) is 55.7. The zero-order valence-electron chi connectivity index (χ0n) is 32.4. The molecule has 4 aliphatic rings. The van der Waals surface area contributed by atoms with Gasteiger partial charge in [-0.25, -0.2) is 0 Å². The molecule has 12 rings (SSSR count). The molecule has 0 radical (unpaired) electrons. The van der Waals surface area contributed by atoms with E-state index < -0.39 is 16.6 Å². The quantitative estimate of drug-likeness (QED) is 0.123. The van der Waals surface area contributed by atoms with Gasteiger partial charge in [-0.3, -0.25) is 0 Å². The van der Waals surface area contributed by atoms with Gasteiger partial charge in [0.05, 0.1) is 0 Å². The molecule has 4 unspecified atom stereocenters. The van der Waals surface area contributed by atoms with E-state index in [-0.39, 0.29) is 24.8 Å². The van der Waals surface area contributed by atoms with Crippen molar-refractivity contribution in [1.29, 1.82) is 0 Å². The SMILES string of the molecule is CC1=Cc2c(-c3c4ccccc4cc4ccccc34)cccc2[CH]1[Ti+2]1([CH]2C(C)=Cc3c(-c4c5ccccc5cc5ccccc45)cccc32)[CH]2CCCC[CH]21.[Cl-].[Cl-]. The molecule has 0 N–H and O–H groups in total. The van der Waals surface area contributed by atoms with Gasteiger partial charge in [0.2, 0.25) is 0 Å². The molecule has 0 nitrogen and oxygen atoms in total. The van der Waals surface area contributed by atoms with E-state index in [0.29, 0.717) is 8.45 Å². The third-order valence-corrected chi connectivity index (χ3v) is 25.7. The van der Waals surface area contributed by atoms with E-state index >= 15 is 0 Å². The van der Waals surface area contributed by atoms with Gasteiger partial charge in [-0.2, -0.15) is 0 Å². The summed E-state index contributed by atoms with van der Waals surface area (Å²) in [5.74, 6) is 0. The Kier molecular flexibility index (Phi) is 8.97.